The van der Waals surface area contributed by atoms with Gasteiger partial charge in [-0.15, -0.1) is 0 Å². The van der Waals surface area contributed by atoms with E-state index < -0.39 is 11.0 Å². The molecular formula is C12H14N2O4. The van der Waals surface area contributed by atoms with Crippen LogP contribution in [0.25, 0.3) is 0 Å². The maximum absolute atomic E-state index is 11.8. The number of carbonyl (C=O) groups excluding carboxylic acids is 1. The first-order valence-electron chi connectivity index (χ1n) is 5.65. The number of nitro benzene ring substituents is 1. The van der Waals surface area contributed by atoms with Crippen LogP contribution in [-0.2, 0) is 4.79 Å². The van der Waals surface area contributed by atoms with E-state index in [9.17, 15) is 20.0 Å². The van der Waals surface area contributed by atoms with Gasteiger partial charge in [0.2, 0.25) is 5.91 Å². The van der Waals surface area contributed by atoms with E-state index in [4.69, 9.17) is 0 Å². The zero-order valence-corrected chi connectivity index (χ0v) is 10.2. The van der Waals surface area contributed by atoms with E-state index in [1.54, 1.807) is 13.0 Å². The molecule has 1 aromatic carbocycles. The smallest absolute Gasteiger partial charge is 0.293 e. The summed E-state index contributed by atoms with van der Waals surface area (Å²) >= 11 is 0. The van der Waals surface area contributed by atoms with Crippen LogP contribution in [0.15, 0.2) is 12.1 Å². The molecule has 1 unspecified atom stereocenters. The van der Waals surface area contributed by atoms with Crippen molar-refractivity contribution in [2.24, 2.45) is 0 Å². The molecule has 1 heterocycles. The van der Waals surface area contributed by atoms with E-state index in [0.29, 0.717) is 11.3 Å². The number of aliphatic hydroxyl groups excluding tert-OH is 1. The Morgan fingerprint density at radius 2 is 2.11 bits per heavy atom. The van der Waals surface area contributed by atoms with Crippen molar-refractivity contribution in [3.63, 3.8) is 0 Å². The SMILES string of the molecule is Cc1ccc([N+](=O)[O-])c(N2CC(O)CC2=O)c1C. The number of β-amino-alcohol motifs (C(OH)–C–C–N with tert-alkyl or cyclic N) is 1. The number of nitrogens with zero attached hydrogens (tertiary/aromatic N) is 2. The Hall–Kier alpha value is -1.95. The quantitative estimate of drug-likeness (QED) is 0.633. The summed E-state index contributed by atoms with van der Waals surface area (Å²) in [6, 6.07) is 3.06. The lowest BCUT2D eigenvalue weighted by Crippen LogP contribution is -2.27. The lowest BCUT2D eigenvalue weighted by molar-refractivity contribution is -0.384. The fourth-order valence-electron chi connectivity index (χ4n) is 2.18. The van der Waals surface area contributed by atoms with Crippen LogP contribution in [0.2, 0.25) is 0 Å². The van der Waals surface area contributed by atoms with E-state index >= 15 is 0 Å². The van der Waals surface area contributed by atoms with Crippen LogP contribution in [0.4, 0.5) is 11.4 Å². The van der Waals surface area contributed by atoms with E-state index in [1.165, 1.54) is 11.0 Å². The molecule has 0 spiro atoms. The summed E-state index contributed by atoms with van der Waals surface area (Å²) in [7, 11) is 0. The van der Waals surface area contributed by atoms with Crippen molar-refractivity contribution < 1.29 is 14.8 Å². The maximum Gasteiger partial charge on any atom is 0.293 e. The molecule has 0 aliphatic carbocycles. The van der Waals surface area contributed by atoms with Gasteiger partial charge in [0.15, 0.2) is 0 Å². The molecular weight excluding hydrogens is 236 g/mol. The molecule has 1 aromatic rings. The molecule has 0 aromatic heterocycles. The highest BCUT2D eigenvalue weighted by atomic mass is 16.6. The fraction of sp³-hybridized carbons (Fsp3) is 0.417. The lowest BCUT2D eigenvalue weighted by atomic mass is 10.1. The van der Waals surface area contributed by atoms with Gasteiger partial charge in [-0.25, -0.2) is 0 Å². The topological polar surface area (TPSA) is 83.7 Å². The minimum atomic E-state index is -0.753. The summed E-state index contributed by atoms with van der Waals surface area (Å²) in [5.74, 6) is -0.278. The Labute approximate surface area is 104 Å². The normalized spacial score (nSPS) is 19.4. The molecule has 1 atom stereocenters. The van der Waals surface area contributed by atoms with Gasteiger partial charge in [-0.05, 0) is 25.0 Å². The van der Waals surface area contributed by atoms with Crippen LogP contribution in [0, 0.1) is 24.0 Å². The molecule has 1 amide bonds. The van der Waals surface area contributed by atoms with Crippen LogP contribution in [0.1, 0.15) is 17.5 Å². The highest BCUT2D eigenvalue weighted by Gasteiger charge is 2.34. The fourth-order valence-corrected chi connectivity index (χ4v) is 2.18. The number of aryl methyl sites for hydroxylation is 1. The Morgan fingerprint density at radius 3 is 2.61 bits per heavy atom. The summed E-state index contributed by atoms with van der Waals surface area (Å²) < 4.78 is 0. The first kappa shape index (κ1) is 12.5. The molecule has 1 fully saturated rings. The van der Waals surface area contributed by atoms with E-state index in [0.717, 1.165) is 5.56 Å². The number of carbonyl (C=O) groups is 1. The first-order chi connectivity index (χ1) is 8.41. The summed E-state index contributed by atoms with van der Waals surface area (Å²) in [5.41, 5.74) is 1.79. The van der Waals surface area contributed by atoms with Crippen molar-refractivity contribution in [1.29, 1.82) is 0 Å². The molecule has 0 saturated carbocycles. The van der Waals surface area contributed by atoms with Crippen LogP contribution in [-0.4, -0.2) is 28.6 Å². The molecule has 6 heteroatoms. The van der Waals surface area contributed by atoms with Gasteiger partial charge in [0.1, 0.15) is 5.69 Å². The summed E-state index contributed by atoms with van der Waals surface area (Å²) in [6.45, 7) is 3.69. The third kappa shape index (κ3) is 1.95. The molecule has 1 aliphatic rings. The Kier molecular flexibility index (Phi) is 3.04. The number of aliphatic hydroxyl groups is 1. The van der Waals surface area contributed by atoms with Crippen molar-refractivity contribution in [3.8, 4) is 0 Å². The number of hydrogen-bond donors (Lipinski definition) is 1. The predicted octanol–water partition coefficient (Wildman–Crippen LogP) is 1.31. The first-order valence-corrected chi connectivity index (χ1v) is 5.65. The highest BCUT2D eigenvalue weighted by Crippen LogP contribution is 2.36. The number of hydrogen-bond acceptors (Lipinski definition) is 4. The highest BCUT2D eigenvalue weighted by molar-refractivity contribution is 5.99. The Balaban J connectivity index is 2.58. The van der Waals surface area contributed by atoms with Gasteiger partial charge in [0.05, 0.1) is 24.0 Å². The van der Waals surface area contributed by atoms with E-state index in [1.807, 2.05) is 6.92 Å². The second kappa shape index (κ2) is 4.38. The molecule has 1 saturated heterocycles. The molecule has 0 radical (unpaired) electrons. The maximum atomic E-state index is 11.8. The van der Waals surface area contributed by atoms with E-state index in [2.05, 4.69) is 0 Å². The number of benzene rings is 1. The third-order valence-corrected chi connectivity index (χ3v) is 3.25. The second-order valence-corrected chi connectivity index (χ2v) is 4.49. The van der Waals surface area contributed by atoms with Crippen molar-refractivity contribution >= 4 is 17.3 Å². The van der Waals surface area contributed by atoms with Gasteiger partial charge in [-0.3, -0.25) is 14.9 Å². The van der Waals surface area contributed by atoms with Gasteiger partial charge in [-0.2, -0.15) is 0 Å². The van der Waals surface area contributed by atoms with Crippen LogP contribution in [0.5, 0.6) is 0 Å². The van der Waals surface area contributed by atoms with Crippen LogP contribution < -0.4 is 4.90 Å². The molecule has 0 bridgehead atoms. The largest absolute Gasteiger partial charge is 0.391 e. The predicted molar refractivity (Wildman–Crippen MR) is 65.5 cm³/mol. The molecule has 96 valence electrons. The lowest BCUT2D eigenvalue weighted by Gasteiger charge is -2.19. The number of nitro groups is 1. The molecule has 18 heavy (non-hydrogen) atoms. The van der Waals surface area contributed by atoms with Gasteiger partial charge < -0.3 is 10.0 Å². The minimum absolute atomic E-state index is 0.0184. The van der Waals surface area contributed by atoms with Crippen molar-refractivity contribution in [3.05, 3.63) is 33.4 Å². The molecule has 6 nitrogen and oxygen atoms in total. The van der Waals surface area contributed by atoms with Gasteiger partial charge in [0.25, 0.3) is 5.69 Å². The van der Waals surface area contributed by atoms with Gasteiger partial charge in [0, 0.05) is 6.07 Å². The molecule has 1 aliphatic heterocycles. The van der Waals surface area contributed by atoms with Crippen molar-refractivity contribution in [1.82, 2.24) is 0 Å². The van der Waals surface area contributed by atoms with Gasteiger partial charge >= 0.3 is 0 Å². The monoisotopic (exact) mass is 250 g/mol. The molecule has 1 N–H and O–H groups in total. The van der Waals surface area contributed by atoms with Gasteiger partial charge in [-0.1, -0.05) is 6.07 Å². The Morgan fingerprint density at radius 1 is 1.44 bits per heavy atom. The average Bonchev–Trinajstić information content (AvgIpc) is 2.61. The van der Waals surface area contributed by atoms with Crippen LogP contribution in [0.3, 0.4) is 0 Å². The minimum Gasteiger partial charge on any atom is -0.391 e. The average molecular weight is 250 g/mol. The zero-order valence-electron chi connectivity index (χ0n) is 10.2. The number of rotatable bonds is 2. The number of amides is 1. The van der Waals surface area contributed by atoms with Crippen LogP contribution >= 0.6 is 0 Å². The summed E-state index contributed by atoms with van der Waals surface area (Å²) in [4.78, 5) is 23.6. The van der Waals surface area contributed by atoms with Crippen molar-refractivity contribution in [2.45, 2.75) is 26.4 Å². The Bertz CT molecular complexity index is 527. The molecule has 2 rings (SSSR count). The second-order valence-electron chi connectivity index (χ2n) is 4.49. The number of anilines is 1. The van der Waals surface area contributed by atoms with E-state index in [-0.39, 0.29) is 24.6 Å². The zero-order chi connectivity index (χ0) is 13.4. The van der Waals surface area contributed by atoms with Crippen molar-refractivity contribution in [2.75, 3.05) is 11.4 Å². The third-order valence-electron chi connectivity index (χ3n) is 3.25. The summed E-state index contributed by atoms with van der Waals surface area (Å²) in [6.07, 6.45) is -0.734. The standard InChI is InChI=1S/C12H14N2O4/c1-7-3-4-10(14(17)18)12(8(7)2)13-6-9(15)5-11(13)16/h3-4,9,15H,5-6H2,1-2H3. The summed E-state index contributed by atoms with van der Waals surface area (Å²) in [5, 5.41) is 20.5.